The van der Waals surface area contributed by atoms with E-state index in [-0.39, 0.29) is 4.90 Å². The molecule has 2 aromatic carbocycles. The molecular weight excluding hydrogens is 432 g/mol. The van der Waals surface area contributed by atoms with E-state index in [1.165, 1.54) is 25.7 Å². The van der Waals surface area contributed by atoms with E-state index in [2.05, 4.69) is 26.7 Å². The fourth-order valence-electron chi connectivity index (χ4n) is 4.87. The van der Waals surface area contributed by atoms with Gasteiger partial charge in [-0.1, -0.05) is 43.2 Å². The second-order valence-corrected chi connectivity index (χ2v) is 10.5. The number of rotatable bonds is 6. The van der Waals surface area contributed by atoms with Gasteiger partial charge < -0.3 is 4.90 Å². The Bertz CT molecular complexity index is 1150. The number of nitrogens with zero attached hydrogens (tertiary/aromatic N) is 3. The second-order valence-electron chi connectivity index (χ2n) is 8.86. The van der Waals surface area contributed by atoms with E-state index in [4.69, 9.17) is 4.98 Å². The fraction of sp³-hybridized carbons (Fsp3) is 0.346. The first-order valence-electron chi connectivity index (χ1n) is 11.7. The number of piperazine rings is 1. The highest BCUT2D eigenvalue weighted by molar-refractivity contribution is 7.92. The zero-order chi connectivity index (χ0) is 22.7. The van der Waals surface area contributed by atoms with Crippen LogP contribution in [0.1, 0.15) is 25.7 Å². The van der Waals surface area contributed by atoms with Crippen LogP contribution in [0.4, 0.5) is 11.5 Å². The molecule has 1 aromatic heterocycles. The van der Waals surface area contributed by atoms with Crippen molar-refractivity contribution < 1.29 is 8.42 Å². The van der Waals surface area contributed by atoms with E-state index in [0.29, 0.717) is 5.69 Å². The van der Waals surface area contributed by atoms with E-state index in [9.17, 15) is 8.42 Å². The first kappa shape index (κ1) is 21.9. The van der Waals surface area contributed by atoms with Crippen LogP contribution in [-0.2, 0) is 10.0 Å². The predicted octanol–water partition coefficient (Wildman–Crippen LogP) is 4.61. The molecule has 3 aromatic rings. The fourth-order valence-corrected chi connectivity index (χ4v) is 5.95. The Hall–Kier alpha value is -2.90. The highest BCUT2D eigenvalue weighted by Gasteiger charge is 2.26. The monoisotopic (exact) mass is 462 g/mol. The van der Waals surface area contributed by atoms with Crippen molar-refractivity contribution in [3.8, 4) is 11.1 Å². The Morgan fingerprint density at radius 2 is 1.45 bits per heavy atom. The highest BCUT2D eigenvalue weighted by Crippen LogP contribution is 2.27. The first-order valence-corrected chi connectivity index (χ1v) is 13.2. The Labute approximate surface area is 196 Å². The normalized spacial score (nSPS) is 17.9. The molecule has 33 heavy (non-hydrogen) atoms. The third kappa shape index (κ3) is 5.04. The summed E-state index contributed by atoms with van der Waals surface area (Å²) >= 11 is 0. The lowest BCUT2D eigenvalue weighted by atomic mass is 10.1. The van der Waals surface area contributed by atoms with E-state index in [0.717, 1.165) is 49.2 Å². The molecule has 7 heteroatoms. The van der Waals surface area contributed by atoms with E-state index in [1.807, 2.05) is 18.3 Å². The minimum Gasteiger partial charge on any atom is -0.354 e. The zero-order valence-corrected chi connectivity index (χ0v) is 19.5. The predicted molar refractivity (Wildman–Crippen MR) is 133 cm³/mol. The summed E-state index contributed by atoms with van der Waals surface area (Å²) in [6, 6.07) is 20.8. The molecule has 2 heterocycles. The van der Waals surface area contributed by atoms with Gasteiger partial charge in [-0.2, -0.15) is 0 Å². The molecule has 1 saturated carbocycles. The van der Waals surface area contributed by atoms with Crippen molar-refractivity contribution >= 4 is 21.5 Å². The van der Waals surface area contributed by atoms with Gasteiger partial charge in [-0.05, 0) is 54.8 Å². The van der Waals surface area contributed by atoms with Gasteiger partial charge in [0.1, 0.15) is 5.82 Å². The van der Waals surface area contributed by atoms with Gasteiger partial charge in [-0.15, -0.1) is 0 Å². The van der Waals surface area contributed by atoms with E-state index >= 15 is 0 Å². The summed E-state index contributed by atoms with van der Waals surface area (Å²) in [4.78, 5) is 10.00. The van der Waals surface area contributed by atoms with Gasteiger partial charge in [0.05, 0.1) is 4.90 Å². The topological polar surface area (TPSA) is 65.5 Å². The molecule has 0 unspecified atom stereocenters. The smallest absolute Gasteiger partial charge is 0.261 e. The Balaban J connectivity index is 1.21. The maximum Gasteiger partial charge on any atom is 0.261 e. The minimum atomic E-state index is -3.59. The van der Waals surface area contributed by atoms with Gasteiger partial charge in [-0.25, -0.2) is 13.4 Å². The third-order valence-corrected chi connectivity index (χ3v) is 8.15. The minimum absolute atomic E-state index is 0.248. The highest BCUT2D eigenvalue weighted by atomic mass is 32.2. The lowest BCUT2D eigenvalue weighted by Crippen LogP contribution is -2.49. The molecule has 2 fully saturated rings. The van der Waals surface area contributed by atoms with Crippen LogP contribution in [0.3, 0.4) is 0 Å². The molecular formula is C26H30N4O2S. The van der Waals surface area contributed by atoms with Crippen molar-refractivity contribution in [1.82, 2.24) is 9.88 Å². The molecule has 1 N–H and O–H groups in total. The summed E-state index contributed by atoms with van der Waals surface area (Å²) in [6.45, 7) is 4.29. The lowest BCUT2D eigenvalue weighted by Gasteiger charge is -2.38. The molecule has 1 aliphatic carbocycles. The molecule has 1 aliphatic heterocycles. The van der Waals surface area contributed by atoms with Gasteiger partial charge in [0, 0.05) is 49.7 Å². The van der Waals surface area contributed by atoms with Crippen LogP contribution in [0.25, 0.3) is 11.1 Å². The zero-order valence-electron chi connectivity index (χ0n) is 18.7. The van der Waals surface area contributed by atoms with Gasteiger partial charge in [0.2, 0.25) is 0 Å². The molecule has 0 atom stereocenters. The van der Waals surface area contributed by atoms with E-state index in [1.54, 1.807) is 42.5 Å². The van der Waals surface area contributed by atoms with Crippen LogP contribution in [-0.4, -0.2) is 50.5 Å². The maximum atomic E-state index is 12.5. The Kier molecular flexibility index (Phi) is 6.33. The Morgan fingerprint density at radius 1 is 0.788 bits per heavy atom. The number of aromatic nitrogens is 1. The van der Waals surface area contributed by atoms with Crippen molar-refractivity contribution in [3.05, 3.63) is 72.9 Å². The number of hydrogen-bond donors (Lipinski definition) is 1. The first-order chi connectivity index (χ1) is 16.1. The molecule has 0 radical (unpaired) electrons. The van der Waals surface area contributed by atoms with Crippen LogP contribution < -0.4 is 9.62 Å². The molecule has 1 saturated heterocycles. The summed E-state index contributed by atoms with van der Waals surface area (Å²) in [5.41, 5.74) is 2.55. The SMILES string of the molecule is O=S(=O)(Nc1ccc(-c2ccc(N3CCN(C4CCCC4)CC3)nc2)cc1)c1ccccc1. The number of benzene rings is 2. The van der Waals surface area contributed by atoms with Gasteiger partial charge in [0.25, 0.3) is 10.0 Å². The summed E-state index contributed by atoms with van der Waals surface area (Å²) < 4.78 is 27.7. The summed E-state index contributed by atoms with van der Waals surface area (Å²) in [5, 5.41) is 0. The number of pyridine rings is 1. The second kappa shape index (κ2) is 9.53. The maximum absolute atomic E-state index is 12.5. The summed E-state index contributed by atoms with van der Waals surface area (Å²) in [5.74, 6) is 1.03. The standard InChI is InChI=1S/C26H30N4O2S/c31-33(32,25-8-2-1-3-9-25)28-23-13-10-21(11-14-23)22-12-15-26(27-20-22)30-18-16-29(17-19-30)24-6-4-5-7-24/h1-3,8-15,20,24,28H,4-7,16-19H2. The number of anilines is 2. The van der Waals surface area contributed by atoms with E-state index < -0.39 is 10.0 Å². The number of hydrogen-bond acceptors (Lipinski definition) is 5. The molecule has 6 nitrogen and oxygen atoms in total. The summed E-state index contributed by atoms with van der Waals surface area (Å²) in [6.07, 6.45) is 7.39. The number of nitrogens with one attached hydrogen (secondary N) is 1. The van der Waals surface area contributed by atoms with Gasteiger partial charge in [0.15, 0.2) is 0 Å². The summed E-state index contributed by atoms with van der Waals surface area (Å²) in [7, 11) is -3.59. The van der Waals surface area contributed by atoms with Crippen molar-refractivity contribution in [2.24, 2.45) is 0 Å². The number of sulfonamides is 1. The molecule has 0 spiro atoms. The quantitative estimate of drug-likeness (QED) is 0.579. The van der Waals surface area contributed by atoms with Crippen LogP contribution in [0, 0.1) is 0 Å². The van der Waals surface area contributed by atoms with Crippen molar-refractivity contribution in [1.29, 1.82) is 0 Å². The largest absolute Gasteiger partial charge is 0.354 e. The molecule has 172 valence electrons. The van der Waals surface area contributed by atoms with Crippen molar-refractivity contribution in [2.45, 2.75) is 36.6 Å². The average molecular weight is 463 g/mol. The molecule has 0 bridgehead atoms. The van der Waals surface area contributed by atoms with Crippen molar-refractivity contribution in [2.75, 3.05) is 35.8 Å². The lowest BCUT2D eigenvalue weighted by molar-refractivity contribution is 0.187. The van der Waals surface area contributed by atoms with Crippen LogP contribution in [0.15, 0.2) is 77.8 Å². The Morgan fingerprint density at radius 3 is 2.09 bits per heavy atom. The van der Waals surface area contributed by atoms with Crippen LogP contribution >= 0.6 is 0 Å². The third-order valence-electron chi connectivity index (χ3n) is 6.75. The molecule has 2 aliphatic rings. The van der Waals surface area contributed by atoms with Crippen LogP contribution in [0.5, 0.6) is 0 Å². The molecule has 5 rings (SSSR count). The van der Waals surface area contributed by atoms with Crippen molar-refractivity contribution in [3.63, 3.8) is 0 Å². The molecule has 0 amide bonds. The average Bonchev–Trinajstić information content (AvgIpc) is 3.40. The van der Waals surface area contributed by atoms with Crippen LogP contribution in [0.2, 0.25) is 0 Å². The van der Waals surface area contributed by atoms with Gasteiger partial charge >= 0.3 is 0 Å². The van der Waals surface area contributed by atoms with Gasteiger partial charge in [-0.3, -0.25) is 9.62 Å².